The van der Waals surface area contributed by atoms with Gasteiger partial charge in [-0.25, -0.2) is 9.37 Å². The molecule has 3 aromatic rings. The van der Waals surface area contributed by atoms with Gasteiger partial charge in [0.15, 0.2) is 5.13 Å². The van der Waals surface area contributed by atoms with Crippen molar-refractivity contribution in [3.8, 4) is 0 Å². The molecule has 0 atom stereocenters. The van der Waals surface area contributed by atoms with E-state index in [1.54, 1.807) is 23.9 Å². The van der Waals surface area contributed by atoms with Crippen molar-refractivity contribution in [3.63, 3.8) is 0 Å². The Morgan fingerprint density at radius 2 is 1.87 bits per heavy atom. The van der Waals surface area contributed by atoms with Crippen molar-refractivity contribution in [1.29, 1.82) is 0 Å². The maximum atomic E-state index is 13.1. The fourth-order valence-electron chi connectivity index (χ4n) is 3.19. The second-order valence-electron chi connectivity index (χ2n) is 7.09. The van der Waals surface area contributed by atoms with Gasteiger partial charge in [-0.3, -0.25) is 9.69 Å². The van der Waals surface area contributed by atoms with E-state index in [0.29, 0.717) is 18.0 Å². The average Bonchev–Trinajstić information content (AvgIpc) is 3.18. The molecule has 0 aliphatic rings. The molecule has 0 aliphatic carbocycles. The molecule has 0 fully saturated rings. The van der Waals surface area contributed by atoms with Gasteiger partial charge in [0.25, 0.3) is 0 Å². The van der Waals surface area contributed by atoms with Gasteiger partial charge in [-0.05, 0) is 67.7 Å². The minimum absolute atomic E-state index is 0.0806. The monoisotopic (exact) mass is 479 g/mol. The molecule has 8 heteroatoms. The van der Waals surface area contributed by atoms with E-state index in [1.165, 1.54) is 23.5 Å². The summed E-state index contributed by atoms with van der Waals surface area (Å²) in [4.78, 5) is 22.9. The number of amides is 1. The first-order valence-electron chi connectivity index (χ1n) is 10.5. The van der Waals surface area contributed by atoms with E-state index in [0.717, 1.165) is 52.1 Å². The number of thioether (sulfide) groups is 1. The lowest BCUT2D eigenvalue weighted by Crippen LogP contribution is -2.38. The van der Waals surface area contributed by atoms with Gasteiger partial charge in [-0.1, -0.05) is 36.8 Å². The Hall–Kier alpha value is -1.67. The summed E-state index contributed by atoms with van der Waals surface area (Å²) in [5.41, 5.74) is 0.858. The molecule has 3 rings (SSSR count). The Balaban J connectivity index is 1.65. The highest BCUT2D eigenvalue weighted by Crippen LogP contribution is 2.31. The van der Waals surface area contributed by atoms with Crippen LogP contribution >= 0.6 is 34.7 Å². The molecule has 31 heavy (non-hydrogen) atoms. The molecule has 1 aromatic heterocycles. The molecule has 4 nitrogen and oxygen atoms in total. The number of rotatable bonds is 11. The third-order valence-corrected chi connectivity index (χ3v) is 7.40. The quantitative estimate of drug-likeness (QED) is 0.237. The van der Waals surface area contributed by atoms with E-state index in [1.807, 2.05) is 23.1 Å². The lowest BCUT2D eigenvalue weighted by molar-refractivity contribution is -0.118. The normalized spacial score (nSPS) is 11.4. The molecule has 0 spiro atoms. The SMILES string of the molecule is CCN(CC)CCN(C(=O)CCCSc1ccc(F)cc1)c1nc2ccc(Cl)cc2s1. The zero-order chi connectivity index (χ0) is 22.2. The van der Waals surface area contributed by atoms with Crippen LogP contribution in [0.1, 0.15) is 26.7 Å². The van der Waals surface area contributed by atoms with E-state index in [-0.39, 0.29) is 11.7 Å². The van der Waals surface area contributed by atoms with Gasteiger partial charge < -0.3 is 4.90 Å². The van der Waals surface area contributed by atoms with Gasteiger partial charge >= 0.3 is 0 Å². The summed E-state index contributed by atoms with van der Waals surface area (Å²) in [5, 5.41) is 1.39. The van der Waals surface area contributed by atoms with Gasteiger partial charge in [-0.2, -0.15) is 0 Å². The summed E-state index contributed by atoms with van der Waals surface area (Å²) in [6.07, 6.45) is 1.20. The smallest absolute Gasteiger partial charge is 0.228 e. The highest BCUT2D eigenvalue weighted by Gasteiger charge is 2.20. The number of hydrogen-bond acceptors (Lipinski definition) is 5. The Kier molecular flexibility index (Phi) is 9.14. The molecular formula is C23H27ClFN3OS2. The second-order valence-corrected chi connectivity index (χ2v) is 9.70. The molecule has 0 unspecified atom stereocenters. The molecule has 0 aliphatic heterocycles. The fraction of sp³-hybridized carbons (Fsp3) is 0.391. The van der Waals surface area contributed by atoms with E-state index in [9.17, 15) is 9.18 Å². The van der Waals surface area contributed by atoms with Crippen molar-refractivity contribution >= 4 is 56.0 Å². The third-order valence-electron chi connectivity index (χ3n) is 5.02. The summed E-state index contributed by atoms with van der Waals surface area (Å²) >= 11 is 9.26. The zero-order valence-electron chi connectivity index (χ0n) is 17.8. The van der Waals surface area contributed by atoms with Crippen LogP contribution in [0.3, 0.4) is 0 Å². The predicted molar refractivity (Wildman–Crippen MR) is 131 cm³/mol. The summed E-state index contributed by atoms with van der Waals surface area (Å²) in [7, 11) is 0. The van der Waals surface area contributed by atoms with Gasteiger partial charge in [-0.15, -0.1) is 11.8 Å². The number of nitrogens with zero attached hydrogens (tertiary/aromatic N) is 3. The van der Waals surface area contributed by atoms with Crippen molar-refractivity contribution < 1.29 is 9.18 Å². The van der Waals surface area contributed by atoms with Crippen LogP contribution in [0.15, 0.2) is 47.4 Å². The minimum atomic E-state index is -0.236. The number of carbonyl (C=O) groups excluding carboxylic acids is 1. The fourth-order valence-corrected chi connectivity index (χ4v) is 5.33. The summed E-state index contributed by atoms with van der Waals surface area (Å²) in [5.74, 6) is 0.647. The van der Waals surface area contributed by atoms with Crippen LogP contribution < -0.4 is 4.90 Å². The molecule has 0 saturated heterocycles. The first-order chi connectivity index (χ1) is 15.0. The van der Waals surface area contributed by atoms with E-state index in [4.69, 9.17) is 16.6 Å². The molecule has 1 heterocycles. The highest BCUT2D eigenvalue weighted by molar-refractivity contribution is 7.99. The molecule has 1 amide bonds. The van der Waals surface area contributed by atoms with E-state index < -0.39 is 0 Å². The maximum Gasteiger partial charge on any atom is 0.228 e. The number of halogens is 2. The van der Waals surface area contributed by atoms with Crippen LogP contribution in [0.4, 0.5) is 9.52 Å². The Bertz CT molecular complexity index is 992. The number of hydrogen-bond donors (Lipinski definition) is 0. The van der Waals surface area contributed by atoms with Crippen LogP contribution in [0, 0.1) is 5.82 Å². The number of benzene rings is 2. The molecule has 0 bridgehead atoms. The number of thiazole rings is 1. The summed E-state index contributed by atoms with van der Waals surface area (Å²) in [6.45, 7) is 7.56. The van der Waals surface area contributed by atoms with Crippen molar-refractivity contribution in [1.82, 2.24) is 9.88 Å². The maximum absolute atomic E-state index is 13.1. The van der Waals surface area contributed by atoms with Crippen LogP contribution in [0.2, 0.25) is 5.02 Å². The van der Waals surface area contributed by atoms with Crippen LogP contribution in [-0.4, -0.2) is 47.7 Å². The molecule has 0 N–H and O–H groups in total. The summed E-state index contributed by atoms with van der Waals surface area (Å²) in [6, 6.07) is 12.1. The number of likely N-dealkylation sites (N-methyl/N-ethyl adjacent to an activating group) is 1. The van der Waals surface area contributed by atoms with Crippen LogP contribution in [0.5, 0.6) is 0 Å². The number of aromatic nitrogens is 1. The van der Waals surface area contributed by atoms with Gasteiger partial charge in [0.05, 0.1) is 10.2 Å². The predicted octanol–water partition coefficient (Wildman–Crippen LogP) is 6.34. The molecule has 2 aromatic carbocycles. The first-order valence-corrected chi connectivity index (χ1v) is 12.6. The van der Waals surface area contributed by atoms with Crippen LogP contribution in [-0.2, 0) is 4.79 Å². The molecular weight excluding hydrogens is 453 g/mol. The highest BCUT2D eigenvalue weighted by atomic mass is 35.5. The first kappa shape index (κ1) is 24.0. The van der Waals surface area contributed by atoms with Crippen molar-refractivity contribution in [2.45, 2.75) is 31.6 Å². The van der Waals surface area contributed by atoms with Crippen molar-refractivity contribution in [3.05, 3.63) is 53.3 Å². The largest absolute Gasteiger partial charge is 0.302 e. The Labute approximate surface area is 196 Å². The Morgan fingerprint density at radius 1 is 1.13 bits per heavy atom. The lowest BCUT2D eigenvalue weighted by atomic mass is 10.3. The lowest BCUT2D eigenvalue weighted by Gasteiger charge is -2.24. The molecule has 0 radical (unpaired) electrons. The number of carbonyl (C=O) groups is 1. The van der Waals surface area contributed by atoms with Gasteiger partial charge in [0.1, 0.15) is 5.82 Å². The van der Waals surface area contributed by atoms with Crippen molar-refractivity contribution in [2.24, 2.45) is 0 Å². The average molecular weight is 480 g/mol. The second kappa shape index (κ2) is 11.8. The van der Waals surface area contributed by atoms with Crippen LogP contribution in [0.25, 0.3) is 10.2 Å². The van der Waals surface area contributed by atoms with E-state index >= 15 is 0 Å². The van der Waals surface area contributed by atoms with Gasteiger partial charge in [0, 0.05) is 29.4 Å². The topological polar surface area (TPSA) is 36.4 Å². The van der Waals surface area contributed by atoms with Crippen molar-refractivity contribution in [2.75, 3.05) is 36.8 Å². The molecule has 0 saturated carbocycles. The zero-order valence-corrected chi connectivity index (χ0v) is 20.2. The third kappa shape index (κ3) is 6.91. The Morgan fingerprint density at radius 3 is 2.58 bits per heavy atom. The molecule has 166 valence electrons. The number of fused-ring (bicyclic) bond motifs is 1. The minimum Gasteiger partial charge on any atom is -0.302 e. The van der Waals surface area contributed by atoms with E-state index in [2.05, 4.69) is 18.7 Å². The number of anilines is 1. The standard InChI is InChI=1S/C23H27ClFN3OS2/c1-3-27(4-2)13-14-28(23-26-20-12-7-17(24)16-21(20)31-23)22(29)6-5-15-30-19-10-8-18(25)9-11-19/h7-12,16H,3-6,13-15H2,1-2H3. The van der Waals surface area contributed by atoms with Gasteiger partial charge in [0.2, 0.25) is 5.91 Å². The summed E-state index contributed by atoms with van der Waals surface area (Å²) < 4.78 is 14.0.